The van der Waals surface area contributed by atoms with E-state index in [1.54, 1.807) is 12.3 Å². The van der Waals surface area contributed by atoms with E-state index in [0.29, 0.717) is 19.0 Å². The first-order valence-corrected chi connectivity index (χ1v) is 8.27. The molecule has 25 heavy (non-hydrogen) atoms. The molecule has 6 nitrogen and oxygen atoms in total. The van der Waals surface area contributed by atoms with Crippen molar-refractivity contribution in [1.82, 2.24) is 15.6 Å². The summed E-state index contributed by atoms with van der Waals surface area (Å²) in [6.07, 6.45) is 1.90. The van der Waals surface area contributed by atoms with Gasteiger partial charge in [-0.05, 0) is 31.0 Å². The quantitative estimate of drug-likeness (QED) is 0.875. The maximum Gasteiger partial charge on any atom is 0.225 e. The van der Waals surface area contributed by atoms with Crippen LogP contribution in [0, 0.1) is 19.8 Å². The summed E-state index contributed by atoms with van der Waals surface area (Å²) in [5.74, 6) is 0.716. The molecule has 130 valence electrons. The summed E-state index contributed by atoms with van der Waals surface area (Å²) >= 11 is 0. The van der Waals surface area contributed by atoms with E-state index >= 15 is 0 Å². The summed E-state index contributed by atoms with van der Waals surface area (Å²) in [6.45, 7) is 4.66. The number of pyridine rings is 1. The van der Waals surface area contributed by atoms with Crippen LogP contribution in [0.3, 0.4) is 0 Å². The molecule has 0 aliphatic carbocycles. The third-order valence-corrected chi connectivity index (χ3v) is 4.26. The van der Waals surface area contributed by atoms with Gasteiger partial charge in [-0.3, -0.25) is 9.59 Å². The van der Waals surface area contributed by atoms with E-state index in [1.807, 2.05) is 38.1 Å². The number of nitrogens with one attached hydrogen (secondary N) is 2. The van der Waals surface area contributed by atoms with E-state index in [0.717, 1.165) is 22.4 Å². The Morgan fingerprint density at radius 3 is 2.72 bits per heavy atom. The standard InChI is InChI=1S/C19H21N3O3/c1-12-5-3-6-13(2)17(12)25-19-14(7-4-8-20-19)10-22-18(24)15-9-16(23)21-11-15/h3-8,15H,9-11H2,1-2H3,(H,21,23)(H,22,24)/t15-/m1/s1. The number of carbonyl (C=O) groups is 2. The van der Waals surface area contributed by atoms with Crippen molar-refractivity contribution in [3.05, 3.63) is 53.2 Å². The normalized spacial score (nSPS) is 16.4. The lowest BCUT2D eigenvalue weighted by Crippen LogP contribution is -2.31. The van der Waals surface area contributed by atoms with Crippen molar-refractivity contribution in [2.45, 2.75) is 26.8 Å². The number of hydrogen-bond acceptors (Lipinski definition) is 4. The third-order valence-electron chi connectivity index (χ3n) is 4.26. The highest BCUT2D eigenvalue weighted by Crippen LogP contribution is 2.29. The zero-order valence-electron chi connectivity index (χ0n) is 14.3. The molecule has 0 saturated carbocycles. The van der Waals surface area contributed by atoms with Crippen molar-refractivity contribution in [3.63, 3.8) is 0 Å². The number of carbonyl (C=O) groups excluding carboxylic acids is 2. The van der Waals surface area contributed by atoms with Crippen molar-refractivity contribution < 1.29 is 14.3 Å². The number of para-hydroxylation sites is 1. The summed E-state index contributed by atoms with van der Waals surface area (Å²) < 4.78 is 6.02. The second kappa shape index (κ2) is 7.34. The minimum atomic E-state index is -0.313. The molecule has 1 saturated heterocycles. The van der Waals surface area contributed by atoms with Gasteiger partial charge in [0.2, 0.25) is 17.7 Å². The number of nitrogens with zero attached hydrogens (tertiary/aromatic N) is 1. The average Bonchev–Trinajstić information content (AvgIpc) is 3.03. The predicted octanol–water partition coefficient (Wildman–Crippen LogP) is 2.24. The molecular weight excluding hydrogens is 318 g/mol. The molecule has 2 amide bonds. The maximum absolute atomic E-state index is 12.2. The van der Waals surface area contributed by atoms with Crippen LogP contribution >= 0.6 is 0 Å². The number of rotatable bonds is 5. The average molecular weight is 339 g/mol. The molecule has 0 radical (unpaired) electrons. The maximum atomic E-state index is 12.2. The Morgan fingerprint density at radius 2 is 2.04 bits per heavy atom. The zero-order chi connectivity index (χ0) is 17.8. The highest BCUT2D eigenvalue weighted by Gasteiger charge is 2.27. The molecule has 2 N–H and O–H groups in total. The largest absolute Gasteiger partial charge is 0.438 e. The molecule has 3 rings (SSSR count). The Bertz CT molecular complexity index is 784. The molecule has 2 aromatic rings. The van der Waals surface area contributed by atoms with E-state index in [2.05, 4.69) is 15.6 Å². The molecule has 1 fully saturated rings. The Hall–Kier alpha value is -2.89. The van der Waals surface area contributed by atoms with Gasteiger partial charge in [-0.15, -0.1) is 0 Å². The number of hydrogen-bond donors (Lipinski definition) is 2. The number of benzene rings is 1. The van der Waals surface area contributed by atoms with Crippen LogP contribution in [0.15, 0.2) is 36.5 Å². The van der Waals surface area contributed by atoms with Crippen LogP contribution in [0.1, 0.15) is 23.1 Å². The molecule has 1 aromatic carbocycles. The zero-order valence-corrected chi connectivity index (χ0v) is 14.3. The van der Waals surface area contributed by atoms with Crippen LogP contribution in [-0.4, -0.2) is 23.3 Å². The first-order valence-electron chi connectivity index (χ1n) is 8.27. The van der Waals surface area contributed by atoms with Gasteiger partial charge in [0.25, 0.3) is 0 Å². The molecular formula is C19H21N3O3. The van der Waals surface area contributed by atoms with E-state index in [4.69, 9.17) is 4.74 Å². The summed E-state index contributed by atoms with van der Waals surface area (Å²) in [7, 11) is 0. The molecule has 0 spiro atoms. The molecule has 0 unspecified atom stereocenters. The summed E-state index contributed by atoms with van der Waals surface area (Å²) in [6, 6.07) is 9.62. The number of aryl methyl sites for hydroxylation is 2. The first-order chi connectivity index (χ1) is 12.0. The fourth-order valence-corrected chi connectivity index (χ4v) is 2.82. The fourth-order valence-electron chi connectivity index (χ4n) is 2.82. The van der Waals surface area contributed by atoms with Crippen LogP contribution in [-0.2, 0) is 16.1 Å². The van der Waals surface area contributed by atoms with Crippen molar-refractivity contribution in [1.29, 1.82) is 0 Å². The van der Waals surface area contributed by atoms with E-state index < -0.39 is 0 Å². The first kappa shape index (κ1) is 17.0. The Morgan fingerprint density at radius 1 is 1.28 bits per heavy atom. The molecule has 1 aliphatic rings. The Balaban J connectivity index is 1.71. The van der Waals surface area contributed by atoms with Crippen molar-refractivity contribution in [2.24, 2.45) is 5.92 Å². The van der Waals surface area contributed by atoms with Crippen molar-refractivity contribution in [2.75, 3.05) is 6.54 Å². The second-order valence-electron chi connectivity index (χ2n) is 6.21. The predicted molar refractivity (Wildman–Crippen MR) is 93.2 cm³/mol. The van der Waals surface area contributed by atoms with Gasteiger partial charge >= 0.3 is 0 Å². The number of ether oxygens (including phenoxy) is 1. The van der Waals surface area contributed by atoms with E-state index in [1.165, 1.54) is 0 Å². The van der Waals surface area contributed by atoms with Crippen LogP contribution in [0.5, 0.6) is 11.6 Å². The molecule has 0 bridgehead atoms. The highest BCUT2D eigenvalue weighted by molar-refractivity contribution is 5.89. The molecule has 6 heteroatoms. The van der Waals surface area contributed by atoms with Gasteiger partial charge < -0.3 is 15.4 Å². The molecule has 1 aromatic heterocycles. The highest BCUT2D eigenvalue weighted by atomic mass is 16.5. The lowest BCUT2D eigenvalue weighted by molar-refractivity contribution is -0.126. The third kappa shape index (κ3) is 3.96. The fraction of sp³-hybridized carbons (Fsp3) is 0.316. The number of amides is 2. The van der Waals surface area contributed by atoms with Crippen molar-refractivity contribution >= 4 is 11.8 Å². The topological polar surface area (TPSA) is 80.3 Å². The van der Waals surface area contributed by atoms with Crippen molar-refractivity contribution in [3.8, 4) is 11.6 Å². The molecule has 1 aliphatic heterocycles. The van der Waals surface area contributed by atoms with Crippen LogP contribution < -0.4 is 15.4 Å². The van der Waals surface area contributed by atoms with Gasteiger partial charge in [-0.2, -0.15) is 0 Å². The Labute approximate surface area is 146 Å². The van der Waals surface area contributed by atoms with E-state index in [9.17, 15) is 9.59 Å². The molecule has 2 heterocycles. The summed E-state index contributed by atoms with van der Waals surface area (Å²) in [5.41, 5.74) is 2.84. The van der Waals surface area contributed by atoms with Gasteiger partial charge in [-0.25, -0.2) is 4.98 Å². The Kier molecular flexibility index (Phi) is 4.97. The molecule has 1 atom stereocenters. The van der Waals surface area contributed by atoms with E-state index in [-0.39, 0.29) is 24.2 Å². The summed E-state index contributed by atoms with van der Waals surface area (Å²) in [4.78, 5) is 27.7. The van der Waals surface area contributed by atoms with Crippen LogP contribution in [0.2, 0.25) is 0 Å². The van der Waals surface area contributed by atoms with Crippen LogP contribution in [0.4, 0.5) is 0 Å². The minimum absolute atomic E-state index is 0.0828. The van der Waals surface area contributed by atoms with Gasteiger partial charge in [0, 0.05) is 31.3 Å². The minimum Gasteiger partial charge on any atom is -0.438 e. The van der Waals surface area contributed by atoms with Gasteiger partial charge in [-0.1, -0.05) is 24.3 Å². The lowest BCUT2D eigenvalue weighted by Gasteiger charge is -2.15. The smallest absolute Gasteiger partial charge is 0.225 e. The second-order valence-corrected chi connectivity index (χ2v) is 6.21. The van der Waals surface area contributed by atoms with Gasteiger partial charge in [0.15, 0.2) is 0 Å². The van der Waals surface area contributed by atoms with Gasteiger partial charge in [0.1, 0.15) is 5.75 Å². The summed E-state index contributed by atoms with van der Waals surface area (Å²) in [5, 5.41) is 5.53. The SMILES string of the molecule is Cc1cccc(C)c1Oc1ncccc1CNC(=O)[C@H]1CNC(=O)C1. The number of aromatic nitrogens is 1. The van der Waals surface area contributed by atoms with Gasteiger partial charge in [0.05, 0.1) is 5.92 Å². The lowest BCUT2D eigenvalue weighted by atomic mass is 10.1. The monoisotopic (exact) mass is 339 g/mol. The van der Waals surface area contributed by atoms with Crippen LogP contribution in [0.25, 0.3) is 0 Å².